The number of likely N-dealkylation sites (N-methyl/N-ethyl adjacent to an activating group) is 1. The first-order valence-electron chi connectivity index (χ1n) is 8.07. The van der Waals surface area contributed by atoms with Gasteiger partial charge in [-0.2, -0.15) is 0 Å². The molecule has 0 spiro atoms. The van der Waals surface area contributed by atoms with E-state index in [1.807, 2.05) is 0 Å². The van der Waals surface area contributed by atoms with Crippen LogP contribution < -0.4 is 10.6 Å². The maximum absolute atomic E-state index is 5.55. The number of nitrogens with one attached hydrogen (secondary N) is 2. The summed E-state index contributed by atoms with van der Waals surface area (Å²) in [6.45, 7) is 13.5. The largest absolute Gasteiger partial charge is 0.383 e. The summed E-state index contributed by atoms with van der Waals surface area (Å²) in [6.07, 6.45) is 0.104. The van der Waals surface area contributed by atoms with Crippen LogP contribution in [-0.2, 0) is 9.47 Å². The van der Waals surface area contributed by atoms with E-state index < -0.39 is 0 Å². The fourth-order valence-corrected chi connectivity index (χ4v) is 1.94. The molecule has 0 aliphatic heterocycles. The van der Waals surface area contributed by atoms with Crippen molar-refractivity contribution < 1.29 is 9.47 Å². The third-order valence-corrected chi connectivity index (χ3v) is 3.47. The van der Waals surface area contributed by atoms with Gasteiger partial charge in [0.1, 0.15) is 0 Å². The molecule has 0 fully saturated rings. The lowest BCUT2D eigenvalue weighted by molar-refractivity contribution is 0.0241. The average Bonchev–Trinajstić information content (AvgIpc) is 2.44. The number of nitrogens with zero attached hydrogens (tertiary/aromatic N) is 2. The summed E-state index contributed by atoms with van der Waals surface area (Å²) in [7, 11) is 5.56. The first-order valence-corrected chi connectivity index (χ1v) is 8.07. The minimum Gasteiger partial charge on any atom is -0.383 e. The van der Waals surface area contributed by atoms with Crippen LogP contribution in [0, 0.1) is 5.41 Å². The van der Waals surface area contributed by atoms with E-state index in [1.165, 1.54) is 0 Å². The molecule has 2 N–H and O–H groups in total. The molecule has 0 bridgehead atoms. The second-order valence-electron chi connectivity index (χ2n) is 6.53. The lowest BCUT2D eigenvalue weighted by Gasteiger charge is -2.28. The zero-order valence-corrected chi connectivity index (χ0v) is 18.3. The Morgan fingerprint density at radius 3 is 2.30 bits per heavy atom. The molecule has 6 nitrogen and oxygen atoms in total. The molecule has 0 saturated heterocycles. The van der Waals surface area contributed by atoms with E-state index in [2.05, 4.69) is 55.3 Å². The van der Waals surface area contributed by atoms with Crippen molar-refractivity contribution in [3.8, 4) is 0 Å². The third kappa shape index (κ3) is 12.9. The molecule has 0 heterocycles. The zero-order valence-electron chi connectivity index (χ0n) is 15.9. The molecule has 7 heteroatoms. The van der Waals surface area contributed by atoms with Gasteiger partial charge in [-0.15, -0.1) is 24.0 Å². The summed E-state index contributed by atoms with van der Waals surface area (Å²) >= 11 is 0. The normalized spacial score (nSPS) is 13.7. The van der Waals surface area contributed by atoms with Crippen molar-refractivity contribution in [1.29, 1.82) is 0 Å². The van der Waals surface area contributed by atoms with Crippen molar-refractivity contribution in [2.45, 2.75) is 33.8 Å². The van der Waals surface area contributed by atoms with Gasteiger partial charge in [0, 0.05) is 40.4 Å². The van der Waals surface area contributed by atoms with Crippen molar-refractivity contribution in [3.63, 3.8) is 0 Å². The SMILES string of the molecule is CCNC(=NCC(OC)C(C)(C)C)NCCN(C)CCOC.I. The molecule has 0 aromatic carbocycles. The van der Waals surface area contributed by atoms with Crippen LogP contribution >= 0.6 is 24.0 Å². The van der Waals surface area contributed by atoms with Crippen molar-refractivity contribution in [2.24, 2.45) is 10.4 Å². The predicted octanol–water partition coefficient (Wildman–Crippen LogP) is 1.80. The maximum Gasteiger partial charge on any atom is 0.191 e. The second kappa shape index (κ2) is 14.2. The summed E-state index contributed by atoms with van der Waals surface area (Å²) in [6, 6.07) is 0. The van der Waals surface area contributed by atoms with Crippen molar-refractivity contribution in [2.75, 3.05) is 60.6 Å². The number of ether oxygens (including phenoxy) is 2. The average molecular weight is 444 g/mol. The minimum atomic E-state index is 0. The molecule has 0 aromatic heterocycles. The van der Waals surface area contributed by atoms with Gasteiger partial charge in [0.15, 0.2) is 5.96 Å². The van der Waals surface area contributed by atoms with E-state index in [-0.39, 0.29) is 35.5 Å². The standard InChI is InChI=1S/C16H36N4O2.HI/c1-8-17-15(18-9-10-20(5)11-12-21-6)19-13-14(22-7)16(2,3)4;/h14H,8-13H2,1-7H3,(H2,17,18,19);1H. The van der Waals surface area contributed by atoms with Gasteiger partial charge in [0.2, 0.25) is 0 Å². The van der Waals surface area contributed by atoms with E-state index in [0.717, 1.165) is 38.7 Å². The molecule has 0 rings (SSSR count). The van der Waals surface area contributed by atoms with Gasteiger partial charge < -0.3 is 25.0 Å². The van der Waals surface area contributed by atoms with Gasteiger partial charge in [-0.3, -0.25) is 4.99 Å². The Hall–Kier alpha value is -0.120. The van der Waals surface area contributed by atoms with Crippen molar-refractivity contribution in [1.82, 2.24) is 15.5 Å². The molecule has 0 amide bonds. The fourth-order valence-electron chi connectivity index (χ4n) is 1.94. The lowest BCUT2D eigenvalue weighted by atomic mass is 9.89. The van der Waals surface area contributed by atoms with Gasteiger partial charge in [0.05, 0.1) is 19.3 Å². The molecular formula is C16H37IN4O2. The Bertz CT molecular complexity index is 309. The van der Waals surface area contributed by atoms with Gasteiger partial charge in [-0.25, -0.2) is 0 Å². The number of halogens is 1. The van der Waals surface area contributed by atoms with Gasteiger partial charge in [0.25, 0.3) is 0 Å². The number of aliphatic imine (C=N–C) groups is 1. The summed E-state index contributed by atoms with van der Waals surface area (Å²) < 4.78 is 10.6. The number of hydrogen-bond acceptors (Lipinski definition) is 4. The van der Waals surface area contributed by atoms with Crippen LogP contribution in [0.15, 0.2) is 4.99 Å². The lowest BCUT2D eigenvalue weighted by Crippen LogP contribution is -2.42. The number of methoxy groups -OCH3 is 2. The molecule has 140 valence electrons. The van der Waals surface area contributed by atoms with E-state index in [9.17, 15) is 0 Å². The first-order chi connectivity index (χ1) is 10.3. The smallest absolute Gasteiger partial charge is 0.191 e. The quantitative estimate of drug-likeness (QED) is 0.306. The van der Waals surface area contributed by atoms with Crippen LogP contribution in [0.25, 0.3) is 0 Å². The summed E-state index contributed by atoms with van der Waals surface area (Å²) in [5.41, 5.74) is 0.0793. The molecule has 1 unspecified atom stereocenters. The number of guanidine groups is 1. The van der Waals surface area contributed by atoms with E-state index in [0.29, 0.717) is 6.54 Å². The van der Waals surface area contributed by atoms with E-state index in [4.69, 9.17) is 9.47 Å². The van der Waals surface area contributed by atoms with Crippen LogP contribution in [-0.4, -0.2) is 77.6 Å². The highest BCUT2D eigenvalue weighted by atomic mass is 127. The summed E-state index contributed by atoms with van der Waals surface area (Å²) in [5.74, 6) is 0.842. The molecule has 0 aliphatic rings. The second-order valence-corrected chi connectivity index (χ2v) is 6.53. The highest BCUT2D eigenvalue weighted by molar-refractivity contribution is 14.0. The Kier molecular flexibility index (Phi) is 15.6. The molecule has 23 heavy (non-hydrogen) atoms. The van der Waals surface area contributed by atoms with Gasteiger partial charge in [-0.1, -0.05) is 20.8 Å². The highest BCUT2D eigenvalue weighted by Gasteiger charge is 2.24. The van der Waals surface area contributed by atoms with Crippen molar-refractivity contribution in [3.05, 3.63) is 0 Å². The minimum absolute atomic E-state index is 0. The van der Waals surface area contributed by atoms with E-state index in [1.54, 1.807) is 14.2 Å². The van der Waals surface area contributed by atoms with Crippen LogP contribution in [0.4, 0.5) is 0 Å². The molecular weight excluding hydrogens is 407 g/mol. The molecule has 1 atom stereocenters. The molecule has 0 saturated carbocycles. The highest BCUT2D eigenvalue weighted by Crippen LogP contribution is 2.21. The van der Waals surface area contributed by atoms with Crippen LogP contribution in [0.5, 0.6) is 0 Å². The van der Waals surface area contributed by atoms with E-state index >= 15 is 0 Å². The third-order valence-electron chi connectivity index (χ3n) is 3.47. The number of hydrogen-bond donors (Lipinski definition) is 2. The van der Waals surface area contributed by atoms with Gasteiger partial charge >= 0.3 is 0 Å². The summed E-state index contributed by atoms with van der Waals surface area (Å²) in [5, 5.41) is 6.63. The fraction of sp³-hybridized carbons (Fsp3) is 0.938. The molecule has 0 radical (unpaired) electrons. The predicted molar refractivity (Wildman–Crippen MR) is 109 cm³/mol. The maximum atomic E-state index is 5.55. The van der Waals surface area contributed by atoms with Crippen molar-refractivity contribution >= 4 is 29.9 Å². The van der Waals surface area contributed by atoms with Crippen LogP contribution in [0.1, 0.15) is 27.7 Å². The van der Waals surface area contributed by atoms with Crippen LogP contribution in [0.2, 0.25) is 0 Å². The monoisotopic (exact) mass is 444 g/mol. The summed E-state index contributed by atoms with van der Waals surface area (Å²) in [4.78, 5) is 6.87. The Morgan fingerprint density at radius 1 is 1.17 bits per heavy atom. The zero-order chi connectivity index (χ0) is 17.0. The Morgan fingerprint density at radius 2 is 1.83 bits per heavy atom. The first kappa shape index (κ1) is 25.1. The van der Waals surface area contributed by atoms with Gasteiger partial charge in [-0.05, 0) is 19.4 Å². The topological polar surface area (TPSA) is 58.1 Å². The van der Waals surface area contributed by atoms with Crippen LogP contribution in [0.3, 0.4) is 0 Å². The molecule has 0 aliphatic carbocycles. The molecule has 0 aromatic rings. The Balaban J connectivity index is 0. The number of rotatable bonds is 10. The Labute approximate surface area is 159 Å².